The van der Waals surface area contributed by atoms with E-state index in [1.54, 1.807) is 0 Å². The van der Waals surface area contributed by atoms with Crippen molar-refractivity contribution in [1.82, 2.24) is 9.97 Å². The third-order valence-electron chi connectivity index (χ3n) is 2.91. The van der Waals surface area contributed by atoms with Gasteiger partial charge in [-0.2, -0.15) is 0 Å². The minimum absolute atomic E-state index is 0.425. The van der Waals surface area contributed by atoms with Crippen molar-refractivity contribution in [2.75, 3.05) is 5.43 Å². The lowest BCUT2D eigenvalue weighted by atomic mass is 10.0. The molecule has 96 valence electrons. The van der Waals surface area contributed by atoms with Crippen molar-refractivity contribution in [2.45, 2.75) is 52.9 Å². The van der Waals surface area contributed by atoms with E-state index in [0.717, 1.165) is 36.6 Å². The third kappa shape index (κ3) is 3.97. The van der Waals surface area contributed by atoms with Gasteiger partial charge in [0.1, 0.15) is 11.6 Å². The highest BCUT2D eigenvalue weighted by molar-refractivity contribution is 5.35. The van der Waals surface area contributed by atoms with Gasteiger partial charge < -0.3 is 5.43 Å². The van der Waals surface area contributed by atoms with E-state index in [1.807, 2.05) is 6.07 Å². The summed E-state index contributed by atoms with van der Waals surface area (Å²) in [4.78, 5) is 9.11. The average Bonchev–Trinajstić information content (AvgIpc) is 2.29. The van der Waals surface area contributed by atoms with Crippen molar-refractivity contribution < 1.29 is 0 Å². The summed E-state index contributed by atoms with van der Waals surface area (Å²) in [5.74, 6) is 8.11. The molecule has 0 saturated heterocycles. The topological polar surface area (TPSA) is 63.8 Å². The van der Waals surface area contributed by atoms with E-state index in [2.05, 4.69) is 43.1 Å². The number of hydrogen-bond donors (Lipinski definition) is 2. The maximum absolute atomic E-state index is 5.46. The molecule has 1 aromatic heterocycles. The molecular weight excluding hydrogens is 212 g/mol. The molecule has 1 rings (SSSR count). The highest BCUT2D eigenvalue weighted by atomic mass is 15.3. The zero-order valence-corrected chi connectivity index (χ0v) is 11.3. The van der Waals surface area contributed by atoms with Gasteiger partial charge in [-0.1, -0.05) is 27.7 Å². The summed E-state index contributed by atoms with van der Waals surface area (Å²) in [6.07, 6.45) is 3.08. The van der Waals surface area contributed by atoms with Crippen LogP contribution in [0.15, 0.2) is 6.07 Å². The standard InChI is InChI=1S/C13H24N4/c1-5-10(6-2)13-15-11(7-9(3)4)8-12(16-13)17-14/h8-10H,5-7,14H2,1-4H3,(H,15,16,17). The first-order valence-electron chi connectivity index (χ1n) is 6.45. The molecule has 0 aliphatic carbocycles. The summed E-state index contributed by atoms with van der Waals surface area (Å²) in [7, 11) is 0. The first kappa shape index (κ1) is 13.9. The lowest BCUT2D eigenvalue weighted by molar-refractivity contribution is 0.584. The summed E-state index contributed by atoms with van der Waals surface area (Å²) in [5.41, 5.74) is 3.71. The van der Waals surface area contributed by atoms with Crippen LogP contribution in [0.5, 0.6) is 0 Å². The molecule has 0 unspecified atom stereocenters. The third-order valence-corrected chi connectivity index (χ3v) is 2.91. The van der Waals surface area contributed by atoms with Crippen molar-refractivity contribution in [1.29, 1.82) is 0 Å². The van der Waals surface area contributed by atoms with Crippen molar-refractivity contribution >= 4 is 5.82 Å². The normalized spacial score (nSPS) is 11.2. The average molecular weight is 236 g/mol. The second-order valence-electron chi connectivity index (χ2n) is 4.86. The van der Waals surface area contributed by atoms with Crippen LogP contribution in [0.3, 0.4) is 0 Å². The van der Waals surface area contributed by atoms with E-state index in [0.29, 0.717) is 11.8 Å². The van der Waals surface area contributed by atoms with Gasteiger partial charge in [0.25, 0.3) is 0 Å². The van der Waals surface area contributed by atoms with Crippen LogP contribution in [0.1, 0.15) is 58.0 Å². The molecule has 0 atom stereocenters. The number of aromatic nitrogens is 2. The van der Waals surface area contributed by atoms with Gasteiger partial charge in [-0.05, 0) is 25.2 Å². The number of hydrogen-bond acceptors (Lipinski definition) is 4. The molecule has 0 bridgehead atoms. The zero-order valence-electron chi connectivity index (χ0n) is 11.3. The second kappa shape index (κ2) is 6.55. The Balaban J connectivity index is 3.03. The Labute approximate surface area is 104 Å². The Hall–Kier alpha value is -1.16. The fourth-order valence-electron chi connectivity index (χ4n) is 1.95. The van der Waals surface area contributed by atoms with Crippen LogP contribution in [0.4, 0.5) is 5.82 Å². The Bertz CT molecular complexity index is 345. The van der Waals surface area contributed by atoms with Crippen molar-refractivity contribution in [3.8, 4) is 0 Å². The van der Waals surface area contributed by atoms with E-state index in [-0.39, 0.29) is 0 Å². The molecule has 17 heavy (non-hydrogen) atoms. The smallest absolute Gasteiger partial charge is 0.143 e. The maximum Gasteiger partial charge on any atom is 0.143 e. The Morgan fingerprint density at radius 3 is 2.35 bits per heavy atom. The van der Waals surface area contributed by atoms with Gasteiger partial charge >= 0.3 is 0 Å². The van der Waals surface area contributed by atoms with Gasteiger partial charge in [-0.15, -0.1) is 0 Å². The van der Waals surface area contributed by atoms with Crippen LogP contribution in [0.2, 0.25) is 0 Å². The van der Waals surface area contributed by atoms with Crippen LogP contribution in [-0.4, -0.2) is 9.97 Å². The van der Waals surface area contributed by atoms with Crippen LogP contribution in [-0.2, 0) is 6.42 Å². The number of nitrogens with two attached hydrogens (primary N) is 1. The van der Waals surface area contributed by atoms with Gasteiger partial charge in [-0.3, -0.25) is 0 Å². The summed E-state index contributed by atoms with van der Waals surface area (Å²) >= 11 is 0. The largest absolute Gasteiger partial charge is 0.308 e. The summed E-state index contributed by atoms with van der Waals surface area (Å²) < 4.78 is 0. The van der Waals surface area contributed by atoms with Crippen molar-refractivity contribution in [2.24, 2.45) is 11.8 Å². The molecule has 0 aromatic carbocycles. The second-order valence-corrected chi connectivity index (χ2v) is 4.86. The van der Waals surface area contributed by atoms with Crippen LogP contribution in [0, 0.1) is 5.92 Å². The summed E-state index contributed by atoms with van der Waals surface area (Å²) in [5, 5.41) is 0. The van der Waals surface area contributed by atoms with Crippen molar-refractivity contribution in [3.63, 3.8) is 0 Å². The lowest BCUT2D eigenvalue weighted by Gasteiger charge is -2.14. The molecule has 4 heteroatoms. The summed E-state index contributed by atoms with van der Waals surface area (Å²) in [6.45, 7) is 8.72. The van der Waals surface area contributed by atoms with E-state index in [4.69, 9.17) is 5.84 Å². The molecule has 0 radical (unpaired) electrons. The summed E-state index contributed by atoms with van der Waals surface area (Å²) in [6, 6.07) is 1.94. The molecular formula is C13H24N4. The van der Waals surface area contributed by atoms with Crippen LogP contribution in [0.25, 0.3) is 0 Å². The van der Waals surface area contributed by atoms with Gasteiger partial charge in [-0.25, -0.2) is 15.8 Å². The molecule has 0 aliphatic heterocycles. The minimum atomic E-state index is 0.425. The molecule has 1 heterocycles. The lowest BCUT2D eigenvalue weighted by Crippen LogP contribution is -2.14. The minimum Gasteiger partial charge on any atom is -0.308 e. The Kier molecular flexibility index (Phi) is 5.35. The van der Waals surface area contributed by atoms with E-state index >= 15 is 0 Å². The number of anilines is 1. The number of rotatable bonds is 6. The Morgan fingerprint density at radius 2 is 1.88 bits per heavy atom. The molecule has 0 amide bonds. The number of nitrogens with zero attached hydrogens (tertiary/aromatic N) is 2. The van der Waals surface area contributed by atoms with E-state index in [1.165, 1.54) is 0 Å². The predicted molar refractivity (Wildman–Crippen MR) is 71.7 cm³/mol. The molecule has 1 aromatic rings. The van der Waals surface area contributed by atoms with Gasteiger partial charge in [0.2, 0.25) is 0 Å². The fraction of sp³-hybridized carbons (Fsp3) is 0.692. The molecule has 4 nitrogen and oxygen atoms in total. The number of nitrogen functional groups attached to an aromatic ring is 1. The SMILES string of the molecule is CCC(CC)c1nc(CC(C)C)cc(NN)n1. The van der Waals surface area contributed by atoms with Gasteiger partial charge in [0.05, 0.1) is 0 Å². The van der Waals surface area contributed by atoms with E-state index in [9.17, 15) is 0 Å². The Morgan fingerprint density at radius 1 is 1.24 bits per heavy atom. The molecule has 0 saturated carbocycles. The quantitative estimate of drug-likeness (QED) is 0.589. The highest BCUT2D eigenvalue weighted by Gasteiger charge is 2.13. The van der Waals surface area contributed by atoms with Crippen LogP contribution < -0.4 is 11.3 Å². The number of nitrogens with one attached hydrogen (secondary N) is 1. The van der Waals surface area contributed by atoms with Crippen molar-refractivity contribution in [3.05, 3.63) is 17.6 Å². The van der Waals surface area contributed by atoms with Gasteiger partial charge in [0.15, 0.2) is 0 Å². The number of hydrazine groups is 1. The predicted octanol–water partition coefficient (Wildman–Crippen LogP) is 2.86. The highest BCUT2D eigenvalue weighted by Crippen LogP contribution is 2.21. The maximum atomic E-state index is 5.46. The first-order chi connectivity index (χ1) is 8.10. The molecule has 3 N–H and O–H groups in total. The van der Waals surface area contributed by atoms with Gasteiger partial charge in [0, 0.05) is 17.7 Å². The van der Waals surface area contributed by atoms with Crippen LogP contribution >= 0.6 is 0 Å². The first-order valence-corrected chi connectivity index (χ1v) is 6.45. The molecule has 0 aliphatic rings. The van der Waals surface area contributed by atoms with E-state index < -0.39 is 0 Å². The monoisotopic (exact) mass is 236 g/mol. The molecule has 0 spiro atoms. The zero-order chi connectivity index (χ0) is 12.8. The molecule has 0 fully saturated rings. The fourth-order valence-corrected chi connectivity index (χ4v) is 1.95.